The van der Waals surface area contributed by atoms with Gasteiger partial charge in [0.1, 0.15) is 5.92 Å². The Hall–Kier alpha value is -2.53. The molecule has 2 aromatic carbocycles. The second-order valence-electron chi connectivity index (χ2n) is 5.58. The van der Waals surface area contributed by atoms with E-state index < -0.39 is 5.92 Å². The van der Waals surface area contributed by atoms with Crippen LogP contribution in [0.15, 0.2) is 70.3 Å². The molecule has 126 valence electrons. The molecule has 1 atom stereocenters. The highest BCUT2D eigenvalue weighted by Gasteiger charge is 2.26. The maximum absolute atomic E-state index is 12.4. The van der Waals surface area contributed by atoms with E-state index in [1.54, 1.807) is 6.20 Å². The van der Waals surface area contributed by atoms with Crippen LogP contribution in [-0.4, -0.2) is 23.8 Å². The first kappa shape index (κ1) is 17.3. The average molecular weight is 397 g/mol. The standard InChI is InChI=1S/C20H17BrN2O2/c1-13(19(20(24)25-2)14-7-3-4-9-16(14)21)23-18-11-5-10-17-15(18)8-6-12-22-17/h3-12,19H,1-2H3. The quantitative estimate of drug-likeness (QED) is 0.458. The van der Waals surface area contributed by atoms with Gasteiger partial charge in [-0.1, -0.05) is 40.2 Å². The molecule has 1 heterocycles. The van der Waals surface area contributed by atoms with E-state index in [0.29, 0.717) is 5.71 Å². The maximum atomic E-state index is 12.4. The van der Waals surface area contributed by atoms with E-state index in [2.05, 4.69) is 20.9 Å². The van der Waals surface area contributed by atoms with E-state index in [1.165, 1.54) is 7.11 Å². The normalized spacial score (nSPS) is 12.8. The van der Waals surface area contributed by atoms with Gasteiger partial charge in [0.25, 0.3) is 0 Å². The fraction of sp³-hybridized carbons (Fsp3) is 0.150. The predicted molar refractivity (Wildman–Crippen MR) is 103 cm³/mol. The molecule has 3 rings (SSSR count). The molecule has 4 nitrogen and oxygen atoms in total. The Morgan fingerprint density at radius 2 is 1.92 bits per heavy atom. The minimum absolute atomic E-state index is 0.341. The first-order valence-electron chi connectivity index (χ1n) is 7.83. The van der Waals surface area contributed by atoms with Gasteiger partial charge < -0.3 is 4.74 Å². The minimum atomic E-state index is -0.576. The lowest BCUT2D eigenvalue weighted by Crippen LogP contribution is -2.21. The molecule has 0 aliphatic rings. The zero-order chi connectivity index (χ0) is 17.8. The molecule has 0 saturated carbocycles. The fourth-order valence-electron chi connectivity index (χ4n) is 2.79. The number of nitrogens with zero attached hydrogens (tertiary/aromatic N) is 2. The molecule has 0 saturated heterocycles. The number of carbonyl (C=O) groups is 1. The first-order valence-corrected chi connectivity index (χ1v) is 8.62. The molecule has 0 N–H and O–H groups in total. The number of aromatic nitrogens is 1. The van der Waals surface area contributed by atoms with Crippen molar-refractivity contribution in [2.45, 2.75) is 12.8 Å². The Bertz CT molecular complexity index is 948. The summed E-state index contributed by atoms with van der Waals surface area (Å²) in [6.07, 6.45) is 1.75. The summed E-state index contributed by atoms with van der Waals surface area (Å²) in [5.74, 6) is -0.918. The number of methoxy groups -OCH3 is 1. The van der Waals surface area contributed by atoms with Gasteiger partial charge in [-0.15, -0.1) is 0 Å². The first-order chi connectivity index (χ1) is 12.1. The molecule has 0 radical (unpaired) electrons. The molecular formula is C20H17BrN2O2. The second-order valence-corrected chi connectivity index (χ2v) is 6.43. The summed E-state index contributed by atoms with van der Waals surface area (Å²) < 4.78 is 5.86. The third-order valence-electron chi connectivity index (χ3n) is 3.99. The minimum Gasteiger partial charge on any atom is -0.468 e. The van der Waals surface area contributed by atoms with Gasteiger partial charge in [-0.2, -0.15) is 0 Å². The highest BCUT2D eigenvalue weighted by molar-refractivity contribution is 9.10. The van der Waals surface area contributed by atoms with Crippen molar-refractivity contribution in [1.82, 2.24) is 4.98 Å². The zero-order valence-corrected chi connectivity index (χ0v) is 15.5. The number of esters is 1. The number of pyridine rings is 1. The van der Waals surface area contributed by atoms with Crippen molar-refractivity contribution < 1.29 is 9.53 Å². The van der Waals surface area contributed by atoms with Crippen molar-refractivity contribution in [2.75, 3.05) is 7.11 Å². The van der Waals surface area contributed by atoms with Gasteiger partial charge in [-0.3, -0.25) is 14.8 Å². The number of aliphatic imine (C=N–C) groups is 1. The Balaban J connectivity index is 2.11. The van der Waals surface area contributed by atoms with E-state index in [4.69, 9.17) is 9.73 Å². The number of rotatable bonds is 4. The highest BCUT2D eigenvalue weighted by Crippen LogP contribution is 2.30. The summed E-state index contributed by atoms with van der Waals surface area (Å²) in [4.78, 5) is 21.5. The molecular weight excluding hydrogens is 380 g/mol. The second kappa shape index (κ2) is 7.57. The van der Waals surface area contributed by atoms with Crippen molar-refractivity contribution in [3.63, 3.8) is 0 Å². The van der Waals surface area contributed by atoms with Crippen molar-refractivity contribution in [1.29, 1.82) is 0 Å². The molecule has 5 heteroatoms. The van der Waals surface area contributed by atoms with Crippen LogP contribution in [0, 0.1) is 0 Å². The maximum Gasteiger partial charge on any atom is 0.318 e. The lowest BCUT2D eigenvalue weighted by Gasteiger charge is -2.17. The van der Waals surface area contributed by atoms with E-state index >= 15 is 0 Å². The number of hydrogen-bond acceptors (Lipinski definition) is 4. The molecule has 0 amide bonds. The van der Waals surface area contributed by atoms with Crippen molar-refractivity contribution in [2.24, 2.45) is 4.99 Å². The van der Waals surface area contributed by atoms with Gasteiger partial charge in [-0.25, -0.2) is 0 Å². The number of halogens is 1. The van der Waals surface area contributed by atoms with Gasteiger partial charge in [0, 0.05) is 21.8 Å². The summed E-state index contributed by atoms with van der Waals surface area (Å²) in [5.41, 5.74) is 3.14. The topological polar surface area (TPSA) is 51.5 Å². The molecule has 0 aliphatic heterocycles. The summed E-state index contributed by atoms with van der Waals surface area (Å²) >= 11 is 3.52. The number of ether oxygens (including phenoxy) is 1. The van der Waals surface area contributed by atoms with Crippen LogP contribution < -0.4 is 0 Å². The number of benzene rings is 2. The van der Waals surface area contributed by atoms with Crippen molar-refractivity contribution in [3.8, 4) is 0 Å². The van der Waals surface area contributed by atoms with Gasteiger partial charge in [-0.05, 0) is 42.8 Å². The van der Waals surface area contributed by atoms with Gasteiger partial charge in [0.15, 0.2) is 0 Å². The lowest BCUT2D eigenvalue weighted by atomic mass is 9.94. The van der Waals surface area contributed by atoms with Gasteiger partial charge in [0.2, 0.25) is 0 Å². The van der Waals surface area contributed by atoms with Crippen LogP contribution >= 0.6 is 15.9 Å². The molecule has 1 aromatic heterocycles. The fourth-order valence-corrected chi connectivity index (χ4v) is 3.30. The Morgan fingerprint density at radius 3 is 2.68 bits per heavy atom. The SMILES string of the molecule is COC(=O)C(C(C)=Nc1cccc2ncccc12)c1ccccc1Br. The summed E-state index contributed by atoms with van der Waals surface area (Å²) in [6.45, 7) is 1.84. The Morgan fingerprint density at radius 1 is 1.12 bits per heavy atom. The molecule has 0 fully saturated rings. The lowest BCUT2D eigenvalue weighted by molar-refractivity contribution is -0.140. The predicted octanol–water partition coefficient (Wildman–Crippen LogP) is 5.05. The third kappa shape index (κ3) is 3.61. The molecule has 0 bridgehead atoms. The number of fused-ring (bicyclic) bond motifs is 1. The van der Waals surface area contributed by atoms with Crippen LogP contribution in [0.4, 0.5) is 5.69 Å². The molecule has 0 aliphatic carbocycles. The molecule has 3 aromatic rings. The van der Waals surface area contributed by atoms with Crippen LogP contribution in [0.25, 0.3) is 10.9 Å². The van der Waals surface area contributed by atoms with E-state index in [0.717, 1.165) is 26.6 Å². The van der Waals surface area contributed by atoms with Crippen LogP contribution in [-0.2, 0) is 9.53 Å². The van der Waals surface area contributed by atoms with Crippen LogP contribution in [0.2, 0.25) is 0 Å². The van der Waals surface area contributed by atoms with E-state index in [1.807, 2.05) is 61.5 Å². The molecule has 0 spiro atoms. The van der Waals surface area contributed by atoms with E-state index in [9.17, 15) is 4.79 Å². The monoisotopic (exact) mass is 396 g/mol. The average Bonchev–Trinajstić information content (AvgIpc) is 2.63. The molecule has 1 unspecified atom stereocenters. The number of carbonyl (C=O) groups excluding carboxylic acids is 1. The smallest absolute Gasteiger partial charge is 0.318 e. The van der Waals surface area contributed by atoms with Crippen LogP contribution in [0.1, 0.15) is 18.4 Å². The Kier molecular flexibility index (Phi) is 5.24. The van der Waals surface area contributed by atoms with Gasteiger partial charge >= 0.3 is 5.97 Å². The van der Waals surface area contributed by atoms with Gasteiger partial charge in [0.05, 0.1) is 18.3 Å². The Labute approximate surface area is 154 Å². The van der Waals surface area contributed by atoms with Crippen LogP contribution in [0.5, 0.6) is 0 Å². The summed E-state index contributed by atoms with van der Waals surface area (Å²) in [7, 11) is 1.39. The molecule has 25 heavy (non-hydrogen) atoms. The van der Waals surface area contributed by atoms with Crippen LogP contribution in [0.3, 0.4) is 0 Å². The largest absolute Gasteiger partial charge is 0.468 e. The van der Waals surface area contributed by atoms with E-state index in [-0.39, 0.29) is 5.97 Å². The summed E-state index contributed by atoms with van der Waals surface area (Å²) in [6, 6.07) is 17.2. The number of hydrogen-bond donors (Lipinski definition) is 0. The zero-order valence-electron chi connectivity index (χ0n) is 13.9. The summed E-state index contributed by atoms with van der Waals surface area (Å²) in [5, 5.41) is 0.945. The third-order valence-corrected chi connectivity index (χ3v) is 4.71. The van der Waals surface area contributed by atoms with Crippen molar-refractivity contribution in [3.05, 3.63) is 70.8 Å². The van der Waals surface area contributed by atoms with Crippen molar-refractivity contribution >= 4 is 44.2 Å². The highest BCUT2D eigenvalue weighted by atomic mass is 79.9.